The van der Waals surface area contributed by atoms with Crippen LogP contribution >= 0.6 is 11.3 Å². The number of rotatable bonds is 5. The monoisotopic (exact) mass is 408 g/mol. The molecule has 148 valence electrons. The summed E-state index contributed by atoms with van der Waals surface area (Å²) in [5.41, 5.74) is 4.18. The summed E-state index contributed by atoms with van der Waals surface area (Å²) in [5, 5.41) is 20.4. The number of carbonyl (C=O) groups is 1. The van der Waals surface area contributed by atoms with Crippen molar-refractivity contribution in [1.82, 2.24) is 15.2 Å². The summed E-state index contributed by atoms with van der Waals surface area (Å²) in [6.07, 6.45) is 0. The molecule has 1 amide bonds. The highest BCUT2D eigenvalue weighted by molar-refractivity contribution is 7.22. The number of aryl methyl sites for hydroxylation is 2. The molecule has 0 aliphatic rings. The molecule has 0 saturated heterocycles. The Bertz CT molecular complexity index is 1210. The van der Waals surface area contributed by atoms with Gasteiger partial charge in [0.25, 0.3) is 5.91 Å². The van der Waals surface area contributed by atoms with E-state index in [0.29, 0.717) is 23.0 Å². The van der Waals surface area contributed by atoms with E-state index in [4.69, 9.17) is 4.74 Å². The molecule has 7 nitrogen and oxygen atoms in total. The highest BCUT2D eigenvalue weighted by Gasteiger charge is 2.16. The van der Waals surface area contributed by atoms with E-state index in [1.54, 1.807) is 12.1 Å². The number of aromatic nitrogens is 3. The second kappa shape index (κ2) is 7.56. The number of aromatic amines is 1. The Balaban J connectivity index is 1.55. The third-order valence-electron chi connectivity index (χ3n) is 4.60. The van der Waals surface area contributed by atoms with Crippen molar-refractivity contribution >= 4 is 32.6 Å². The van der Waals surface area contributed by atoms with Gasteiger partial charge in [-0.1, -0.05) is 11.3 Å². The van der Waals surface area contributed by atoms with Gasteiger partial charge in [0.2, 0.25) is 0 Å². The first-order valence-corrected chi connectivity index (χ1v) is 9.97. The number of H-pyrrole nitrogens is 1. The molecule has 8 heteroatoms. The quantitative estimate of drug-likeness (QED) is 0.446. The van der Waals surface area contributed by atoms with E-state index < -0.39 is 0 Å². The summed E-state index contributed by atoms with van der Waals surface area (Å²) < 4.78 is 6.43. The Labute approximate surface area is 171 Å². The number of aromatic hydroxyl groups is 1. The third kappa shape index (κ3) is 3.79. The van der Waals surface area contributed by atoms with E-state index in [9.17, 15) is 9.90 Å². The molecule has 0 aliphatic carbocycles. The van der Waals surface area contributed by atoms with Gasteiger partial charge in [0.15, 0.2) is 5.13 Å². The van der Waals surface area contributed by atoms with Gasteiger partial charge < -0.3 is 9.84 Å². The topological polar surface area (TPSA) is 100 Å². The van der Waals surface area contributed by atoms with Gasteiger partial charge in [0.1, 0.15) is 17.2 Å². The van der Waals surface area contributed by atoms with Crippen LogP contribution in [0.5, 0.6) is 11.5 Å². The zero-order chi connectivity index (χ0) is 20.5. The minimum Gasteiger partial charge on any atom is -0.507 e. The Morgan fingerprint density at radius 2 is 2.00 bits per heavy atom. The van der Waals surface area contributed by atoms with Crippen LogP contribution in [0.2, 0.25) is 0 Å². The minimum absolute atomic E-state index is 0.128. The number of ether oxygens (including phenoxy) is 1. The lowest BCUT2D eigenvalue weighted by atomic mass is 10.0. The van der Waals surface area contributed by atoms with Crippen molar-refractivity contribution in [2.45, 2.75) is 20.8 Å². The first kappa shape index (κ1) is 18.9. The lowest BCUT2D eigenvalue weighted by Crippen LogP contribution is -2.11. The number of carbonyl (C=O) groups excluding carboxylic acids is 1. The predicted octanol–water partition coefficient (Wildman–Crippen LogP) is 4.66. The van der Waals surface area contributed by atoms with Gasteiger partial charge in [-0.2, -0.15) is 5.10 Å². The molecule has 2 aromatic carbocycles. The number of phenols is 1. The number of thiazole rings is 1. The Hall–Kier alpha value is -3.39. The number of nitrogens with zero attached hydrogens (tertiary/aromatic N) is 2. The van der Waals surface area contributed by atoms with Crippen LogP contribution in [0.15, 0.2) is 36.4 Å². The van der Waals surface area contributed by atoms with Crippen LogP contribution in [0.3, 0.4) is 0 Å². The van der Waals surface area contributed by atoms with Crippen LogP contribution in [0, 0.1) is 13.8 Å². The van der Waals surface area contributed by atoms with Crippen molar-refractivity contribution in [3.8, 4) is 22.8 Å². The number of hydrogen-bond acceptors (Lipinski definition) is 6. The number of phenolic OH excluding ortho intramolecular Hbond substituents is 1. The molecule has 2 aromatic heterocycles. The summed E-state index contributed by atoms with van der Waals surface area (Å²) >= 11 is 1.37. The third-order valence-corrected chi connectivity index (χ3v) is 5.54. The second-order valence-electron chi connectivity index (χ2n) is 6.66. The first-order chi connectivity index (χ1) is 13.9. The number of anilines is 1. The normalized spacial score (nSPS) is 11.0. The molecule has 29 heavy (non-hydrogen) atoms. The summed E-state index contributed by atoms with van der Waals surface area (Å²) in [5.74, 6) is 0.548. The SMILES string of the molecule is CCOc1ccc2nc(NC(=O)c3cc(-c4cc(C)c(C)cc4O)n[nH]3)sc2c1. The van der Waals surface area contributed by atoms with Crippen LogP contribution in [0.4, 0.5) is 5.13 Å². The number of amides is 1. The van der Waals surface area contributed by atoms with E-state index in [1.807, 2.05) is 45.0 Å². The fourth-order valence-electron chi connectivity index (χ4n) is 2.96. The van der Waals surface area contributed by atoms with Crippen LogP contribution in [0.25, 0.3) is 21.5 Å². The molecular formula is C21H20N4O3S. The van der Waals surface area contributed by atoms with Gasteiger partial charge in [0.05, 0.1) is 22.5 Å². The number of benzene rings is 2. The van der Waals surface area contributed by atoms with Crippen molar-refractivity contribution in [1.29, 1.82) is 0 Å². The number of nitrogens with one attached hydrogen (secondary N) is 2. The predicted molar refractivity (Wildman–Crippen MR) is 114 cm³/mol. The molecule has 0 atom stereocenters. The maximum Gasteiger partial charge on any atom is 0.275 e. The van der Waals surface area contributed by atoms with Gasteiger partial charge in [0, 0.05) is 5.56 Å². The minimum atomic E-state index is -0.351. The van der Waals surface area contributed by atoms with Crippen LogP contribution < -0.4 is 10.1 Å². The lowest BCUT2D eigenvalue weighted by molar-refractivity contribution is 0.102. The van der Waals surface area contributed by atoms with E-state index in [1.165, 1.54) is 11.3 Å². The largest absolute Gasteiger partial charge is 0.507 e. The summed E-state index contributed by atoms with van der Waals surface area (Å²) in [4.78, 5) is 17.0. The Morgan fingerprint density at radius 1 is 1.21 bits per heavy atom. The summed E-state index contributed by atoms with van der Waals surface area (Å²) in [7, 11) is 0. The maximum absolute atomic E-state index is 12.6. The Kier molecular flexibility index (Phi) is 4.94. The highest BCUT2D eigenvalue weighted by atomic mass is 32.1. The average Bonchev–Trinajstić information content (AvgIpc) is 3.31. The van der Waals surface area contributed by atoms with Crippen molar-refractivity contribution < 1.29 is 14.6 Å². The maximum atomic E-state index is 12.6. The van der Waals surface area contributed by atoms with Gasteiger partial charge in [-0.15, -0.1) is 0 Å². The van der Waals surface area contributed by atoms with Crippen LogP contribution in [-0.2, 0) is 0 Å². The van der Waals surface area contributed by atoms with Gasteiger partial charge in [-0.25, -0.2) is 4.98 Å². The van der Waals surface area contributed by atoms with E-state index >= 15 is 0 Å². The van der Waals surface area contributed by atoms with E-state index in [0.717, 1.165) is 27.1 Å². The van der Waals surface area contributed by atoms with E-state index in [2.05, 4.69) is 20.5 Å². The van der Waals surface area contributed by atoms with Crippen LogP contribution in [0.1, 0.15) is 28.5 Å². The van der Waals surface area contributed by atoms with Crippen molar-refractivity contribution in [2.24, 2.45) is 0 Å². The molecule has 0 bridgehead atoms. The standard InChI is InChI=1S/C21H20N4O3S/c1-4-28-13-5-6-15-19(9-13)29-21(22-15)23-20(27)17-10-16(24-25-17)14-7-11(2)12(3)8-18(14)26/h5-10,26H,4H2,1-3H3,(H,24,25)(H,22,23,27). The zero-order valence-electron chi connectivity index (χ0n) is 16.2. The molecule has 4 aromatic rings. The van der Waals surface area contributed by atoms with Crippen molar-refractivity contribution in [3.05, 3.63) is 53.2 Å². The molecule has 0 unspecified atom stereocenters. The molecule has 0 radical (unpaired) electrons. The Morgan fingerprint density at radius 3 is 2.79 bits per heavy atom. The van der Waals surface area contributed by atoms with E-state index in [-0.39, 0.29) is 17.4 Å². The molecule has 4 rings (SSSR count). The molecule has 0 spiro atoms. The van der Waals surface area contributed by atoms with Gasteiger partial charge >= 0.3 is 0 Å². The zero-order valence-corrected chi connectivity index (χ0v) is 17.1. The summed E-state index contributed by atoms with van der Waals surface area (Å²) in [6.45, 7) is 6.41. The smallest absolute Gasteiger partial charge is 0.275 e. The fourth-order valence-corrected chi connectivity index (χ4v) is 3.85. The first-order valence-electron chi connectivity index (χ1n) is 9.15. The number of fused-ring (bicyclic) bond motifs is 1. The fraction of sp³-hybridized carbons (Fsp3) is 0.190. The molecule has 0 fully saturated rings. The van der Waals surface area contributed by atoms with Gasteiger partial charge in [-0.3, -0.25) is 15.2 Å². The summed E-state index contributed by atoms with van der Waals surface area (Å²) in [6, 6.07) is 10.8. The second-order valence-corrected chi connectivity index (χ2v) is 7.69. The van der Waals surface area contributed by atoms with Crippen molar-refractivity contribution in [2.75, 3.05) is 11.9 Å². The molecule has 3 N–H and O–H groups in total. The molecule has 0 saturated carbocycles. The number of hydrogen-bond donors (Lipinski definition) is 3. The molecule has 0 aliphatic heterocycles. The van der Waals surface area contributed by atoms with Crippen molar-refractivity contribution in [3.63, 3.8) is 0 Å². The molecular weight excluding hydrogens is 388 g/mol. The average molecular weight is 408 g/mol. The molecule has 2 heterocycles. The highest BCUT2D eigenvalue weighted by Crippen LogP contribution is 2.32. The van der Waals surface area contributed by atoms with Gasteiger partial charge in [-0.05, 0) is 68.3 Å². The van der Waals surface area contributed by atoms with Crippen LogP contribution in [-0.4, -0.2) is 32.8 Å². The lowest BCUT2D eigenvalue weighted by Gasteiger charge is -2.05.